The van der Waals surface area contributed by atoms with Crippen LogP contribution in [0.3, 0.4) is 0 Å². The van der Waals surface area contributed by atoms with Gasteiger partial charge in [0.15, 0.2) is 6.10 Å². The molecule has 3 aliphatic heterocycles. The zero-order valence-corrected chi connectivity index (χ0v) is 10.1. The molecule has 0 aliphatic carbocycles. The smallest absolute Gasteiger partial charge is 0.332 e. The molecular formula is C12H17NO5. The van der Waals surface area contributed by atoms with Crippen molar-refractivity contribution in [2.45, 2.75) is 50.1 Å². The third kappa shape index (κ3) is 2.10. The van der Waals surface area contributed by atoms with Gasteiger partial charge >= 0.3 is 5.97 Å². The van der Waals surface area contributed by atoms with Gasteiger partial charge in [-0.15, -0.1) is 0 Å². The number of nitrogens with zero attached hydrogens (tertiary/aromatic N) is 1. The Morgan fingerprint density at radius 1 is 0.944 bits per heavy atom. The van der Waals surface area contributed by atoms with Crippen molar-refractivity contribution in [3.63, 3.8) is 0 Å². The first-order chi connectivity index (χ1) is 8.63. The van der Waals surface area contributed by atoms with Crippen LogP contribution >= 0.6 is 0 Å². The SMILES string of the molecule is O=C(O)[C@H]1CC[C@@H](C(=O)N2CC3CCC(C2)O3)O1. The first kappa shape index (κ1) is 11.9. The monoisotopic (exact) mass is 255 g/mol. The lowest BCUT2D eigenvalue weighted by atomic mass is 10.1. The van der Waals surface area contributed by atoms with E-state index in [1.807, 2.05) is 0 Å². The molecule has 3 aliphatic rings. The number of carboxylic acids is 1. The van der Waals surface area contributed by atoms with E-state index in [1.54, 1.807) is 4.90 Å². The van der Waals surface area contributed by atoms with Crippen LogP contribution in [-0.2, 0) is 19.1 Å². The van der Waals surface area contributed by atoms with Crippen molar-refractivity contribution >= 4 is 11.9 Å². The van der Waals surface area contributed by atoms with E-state index in [0.29, 0.717) is 25.9 Å². The van der Waals surface area contributed by atoms with Gasteiger partial charge in [-0.05, 0) is 25.7 Å². The van der Waals surface area contributed by atoms with Gasteiger partial charge in [0, 0.05) is 13.1 Å². The first-order valence-electron chi connectivity index (χ1n) is 6.46. The molecular weight excluding hydrogens is 238 g/mol. The molecule has 3 saturated heterocycles. The fourth-order valence-electron chi connectivity index (χ4n) is 3.00. The summed E-state index contributed by atoms with van der Waals surface area (Å²) in [6.45, 7) is 1.24. The number of likely N-dealkylation sites (tertiary alicyclic amines) is 1. The molecule has 100 valence electrons. The lowest BCUT2D eigenvalue weighted by Crippen LogP contribution is -2.49. The number of hydrogen-bond acceptors (Lipinski definition) is 4. The number of carbonyl (C=O) groups is 2. The van der Waals surface area contributed by atoms with Crippen LogP contribution in [0.1, 0.15) is 25.7 Å². The molecule has 4 atom stereocenters. The van der Waals surface area contributed by atoms with Crippen LogP contribution in [0.5, 0.6) is 0 Å². The quantitative estimate of drug-likeness (QED) is 0.752. The van der Waals surface area contributed by atoms with Gasteiger partial charge in [0.25, 0.3) is 5.91 Å². The molecule has 0 aromatic heterocycles. The number of fused-ring (bicyclic) bond motifs is 2. The highest BCUT2D eigenvalue weighted by atomic mass is 16.5. The molecule has 2 unspecified atom stereocenters. The molecule has 3 heterocycles. The molecule has 0 saturated carbocycles. The summed E-state index contributed by atoms with van der Waals surface area (Å²) in [5.74, 6) is -1.05. The summed E-state index contributed by atoms with van der Waals surface area (Å²) in [4.78, 5) is 24.8. The van der Waals surface area contributed by atoms with Crippen LogP contribution < -0.4 is 0 Å². The standard InChI is InChI=1S/C12H17NO5/c14-11(9-3-4-10(18-9)12(15)16)13-5-7-1-2-8(6-13)17-7/h7-10H,1-6H2,(H,15,16)/t7?,8?,9-,10+/m0/s1. The Morgan fingerprint density at radius 2 is 1.56 bits per heavy atom. The van der Waals surface area contributed by atoms with E-state index in [0.717, 1.165) is 12.8 Å². The van der Waals surface area contributed by atoms with Crippen LogP contribution in [0.4, 0.5) is 0 Å². The highest BCUT2D eigenvalue weighted by Crippen LogP contribution is 2.28. The Hall–Kier alpha value is -1.14. The molecule has 6 nitrogen and oxygen atoms in total. The van der Waals surface area contributed by atoms with Gasteiger partial charge in [0.2, 0.25) is 0 Å². The zero-order chi connectivity index (χ0) is 12.7. The Balaban J connectivity index is 1.60. The minimum Gasteiger partial charge on any atom is -0.479 e. The summed E-state index contributed by atoms with van der Waals surface area (Å²) in [7, 11) is 0. The Morgan fingerprint density at radius 3 is 2.11 bits per heavy atom. The molecule has 0 radical (unpaired) electrons. The molecule has 0 aromatic rings. The number of carbonyl (C=O) groups excluding carboxylic acids is 1. The van der Waals surface area contributed by atoms with Crippen molar-refractivity contribution in [2.75, 3.05) is 13.1 Å². The lowest BCUT2D eigenvalue weighted by molar-refractivity contribution is -0.158. The number of ether oxygens (including phenoxy) is 2. The molecule has 1 amide bonds. The number of rotatable bonds is 2. The van der Waals surface area contributed by atoms with Crippen molar-refractivity contribution in [1.82, 2.24) is 4.90 Å². The van der Waals surface area contributed by atoms with E-state index in [1.165, 1.54) is 0 Å². The molecule has 3 fully saturated rings. The number of carboxylic acid groups (broad SMARTS) is 1. The average Bonchev–Trinajstić information content (AvgIpc) is 2.95. The molecule has 0 aromatic carbocycles. The van der Waals surface area contributed by atoms with Crippen LogP contribution in [0.25, 0.3) is 0 Å². The van der Waals surface area contributed by atoms with E-state index in [4.69, 9.17) is 14.6 Å². The van der Waals surface area contributed by atoms with E-state index >= 15 is 0 Å². The van der Waals surface area contributed by atoms with Crippen molar-refractivity contribution in [1.29, 1.82) is 0 Å². The molecule has 1 N–H and O–H groups in total. The summed E-state index contributed by atoms with van der Waals surface area (Å²) >= 11 is 0. The van der Waals surface area contributed by atoms with Gasteiger partial charge in [0.05, 0.1) is 12.2 Å². The fraction of sp³-hybridized carbons (Fsp3) is 0.833. The Labute approximate surface area is 105 Å². The van der Waals surface area contributed by atoms with Gasteiger partial charge in [-0.25, -0.2) is 4.79 Å². The highest BCUT2D eigenvalue weighted by molar-refractivity contribution is 5.83. The number of morpholine rings is 1. The number of amides is 1. The van der Waals surface area contributed by atoms with Gasteiger partial charge in [-0.2, -0.15) is 0 Å². The highest BCUT2D eigenvalue weighted by Gasteiger charge is 2.41. The summed E-state index contributed by atoms with van der Waals surface area (Å²) in [6, 6.07) is 0. The molecule has 18 heavy (non-hydrogen) atoms. The third-order valence-corrected chi connectivity index (χ3v) is 3.93. The van der Waals surface area contributed by atoms with E-state index in [9.17, 15) is 9.59 Å². The van der Waals surface area contributed by atoms with Crippen molar-refractivity contribution in [3.05, 3.63) is 0 Å². The van der Waals surface area contributed by atoms with E-state index in [2.05, 4.69) is 0 Å². The second kappa shape index (κ2) is 4.51. The maximum atomic E-state index is 12.2. The summed E-state index contributed by atoms with van der Waals surface area (Å²) < 4.78 is 11.0. The minimum absolute atomic E-state index is 0.0704. The second-order valence-electron chi connectivity index (χ2n) is 5.23. The van der Waals surface area contributed by atoms with Crippen LogP contribution in [0, 0.1) is 0 Å². The zero-order valence-electron chi connectivity index (χ0n) is 10.1. The third-order valence-electron chi connectivity index (χ3n) is 3.93. The largest absolute Gasteiger partial charge is 0.479 e. The van der Waals surface area contributed by atoms with Gasteiger partial charge < -0.3 is 19.5 Å². The van der Waals surface area contributed by atoms with Crippen LogP contribution in [0.15, 0.2) is 0 Å². The van der Waals surface area contributed by atoms with Gasteiger partial charge in [-0.1, -0.05) is 0 Å². The van der Waals surface area contributed by atoms with Crippen LogP contribution in [-0.4, -0.2) is 59.4 Å². The van der Waals surface area contributed by atoms with Crippen molar-refractivity contribution in [3.8, 4) is 0 Å². The molecule has 0 spiro atoms. The second-order valence-corrected chi connectivity index (χ2v) is 5.23. The van der Waals surface area contributed by atoms with Crippen molar-refractivity contribution < 1.29 is 24.2 Å². The summed E-state index contributed by atoms with van der Waals surface area (Å²) in [5, 5.41) is 8.85. The lowest BCUT2D eigenvalue weighted by Gasteiger charge is -2.33. The number of hydrogen-bond donors (Lipinski definition) is 1. The Bertz CT molecular complexity index is 359. The Kier molecular flexibility index (Phi) is 2.99. The van der Waals surface area contributed by atoms with Crippen LogP contribution in [0.2, 0.25) is 0 Å². The van der Waals surface area contributed by atoms with E-state index < -0.39 is 18.2 Å². The average molecular weight is 255 g/mol. The van der Waals surface area contributed by atoms with Crippen molar-refractivity contribution in [2.24, 2.45) is 0 Å². The van der Waals surface area contributed by atoms with E-state index in [-0.39, 0.29) is 18.1 Å². The summed E-state index contributed by atoms with van der Waals surface area (Å²) in [5.41, 5.74) is 0. The topological polar surface area (TPSA) is 76.1 Å². The number of aliphatic carboxylic acids is 1. The van der Waals surface area contributed by atoms with Gasteiger partial charge in [0.1, 0.15) is 6.10 Å². The molecule has 3 rings (SSSR count). The van der Waals surface area contributed by atoms with Gasteiger partial charge in [-0.3, -0.25) is 4.79 Å². The predicted molar refractivity (Wildman–Crippen MR) is 60.0 cm³/mol. The summed E-state index contributed by atoms with van der Waals surface area (Å²) in [6.07, 6.45) is 1.86. The molecule has 6 heteroatoms. The maximum Gasteiger partial charge on any atom is 0.332 e. The normalized spacial score (nSPS) is 39.0. The minimum atomic E-state index is -0.979. The fourth-order valence-corrected chi connectivity index (χ4v) is 3.00. The maximum absolute atomic E-state index is 12.2. The predicted octanol–water partition coefficient (Wildman–Crippen LogP) is 0.00840. The first-order valence-corrected chi connectivity index (χ1v) is 6.46. The molecule has 2 bridgehead atoms.